The zero-order valence-corrected chi connectivity index (χ0v) is 16.6. The zero-order valence-electron chi connectivity index (χ0n) is 15.8. The fourth-order valence-electron chi connectivity index (χ4n) is 4.55. The summed E-state index contributed by atoms with van der Waals surface area (Å²) >= 11 is 1.48. The molecule has 2 fully saturated rings. The highest BCUT2D eigenvalue weighted by molar-refractivity contribution is 7.07. The number of thiazole rings is 1. The van der Waals surface area contributed by atoms with Gasteiger partial charge in [0.1, 0.15) is 5.69 Å². The van der Waals surface area contributed by atoms with Crippen LogP contribution in [-0.2, 0) is 6.54 Å². The van der Waals surface area contributed by atoms with E-state index in [0.29, 0.717) is 5.69 Å². The van der Waals surface area contributed by atoms with Gasteiger partial charge in [0, 0.05) is 43.5 Å². The summed E-state index contributed by atoms with van der Waals surface area (Å²) in [5.41, 5.74) is 6.48. The van der Waals surface area contributed by atoms with E-state index in [9.17, 15) is 4.79 Å². The van der Waals surface area contributed by atoms with E-state index in [2.05, 4.69) is 58.4 Å². The Balaban J connectivity index is 1.16. The molecule has 28 heavy (non-hydrogen) atoms. The monoisotopic (exact) mass is 389 g/mol. The van der Waals surface area contributed by atoms with Crippen LogP contribution < -0.4 is 0 Å². The molecule has 2 aromatic carbocycles. The van der Waals surface area contributed by atoms with Gasteiger partial charge in [-0.25, -0.2) is 4.98 Å². The number of aromatic nitrogens is 1. The third-order valence-electron chi connectivity index (χ3n) is 5.96. The Morgan fingerprint density at radius 3 is 2.46 bits per heavy atom. The minimum absolute atomic E-state index is 0.0908. The van der Waals surface area contributed by atoms with Crippen molar-refractivity contribution in [2.45, 2.75) is 13.0 Å². The molecular weight excluding hydrogens is 366 g/mol. The molecule has 0 bridgehead atoms. The van der Waals surface area contributed by atoms with Crippen molar-refractivity contribution in [2.75, 3.05) is 26.2 Å². The number of carbonyl (C=O) groups excluding carboxylic acids is 1. The van der Waals surface area contributed by atoms with Crippen LogP contribution in [0.3, 0.4) is 0 Å². The molecule has 1 aromatic heterocycles. The van der Waals surface area contributed by atoms with E-state index in [4.69, 9.17) is 0 Å². The molecule has 0 saturated carbocycles. The van der Waals surface area contributed by atoms with Crippen LogP contribution in [0.15, 0.2) is 65.5 Å². The topological polar surface area (TPSA) is 36.4 Å². The highest BCUT2D eigenvalue weighted by Gasteiger charge is 2.48. The Bertz CT molecular complexity index is 947. The van der Waals surface area contributed by atoms with Crippen molar-refractivity contribution >= 4 is 17.2 Å². The van der Waals surface area contributed by atoms with Gasteiger partial charge in [0.15, 0.2) is 0 Å². The summed E-state index contributed by atoms with van der Waals surface area (Å²) < 4.78 is 0. The van der Waals surface area contributed by atoms with Gasteiger partial charge in [0.05, 0.1) is 5.51 Å². The fourth-order valence-corrected chi connectivity index (χ4v) is 5.08. The molecule has 0 unspecified atom stereocenters. The van der Waals surface area contributed by atoms with E-state index in [-0.39, 0.29) is 11.3 Å². The fraction of sp³-hybridized carbons (Fsp3) is 0.304. The quantitative estimate of drug-likeness (QED) is 0.672. The molecule has 2 aliphatic rings. The average molecular weight is 390 g/mol. The van der Waals surface area contributed by atoms with Crippen molar-refractivity contribution in [3.8, 4) is 11.1 Å². The molecule has 142 valence electrons. The van der Waals surface area contributed by atoms with Gasteiger partial charge in [-0.15, -0.1) is 11.3 Å². The summed E-state index contributed by atoms with van der Waals surface area (Å²) in [5, 5.41) is 1.85. The molecule has 0 radical (unpaired) electrons. The number of hydrogen-bond donors (Lipinski definition) is 0. The Labute approximate surface area is 169 Å². The van der Waals surface area contributed by atoms with E-state index in [1.165, 1.54) is 28.0 Å². The van der Waals surface area contributed by atoms with Crippen molar-refractivity contribution in [3.05, 3.63) is 76.7 Å². The summed E-state index contributed by atoms with van der Waals surface area (Å²) in [6.07, 6.45) is 1.10. The maximum atomic E-state index is 12.5. The number of likely N-dealkylation sites (tertiary alicyclic amines) is 2. The van der Waals surface area contributed by atoms with Crippen molar-refractivity contribution < 1.29 is 4.79 Å². The maximum Gasteiger partial charge on any atom is 0.273 e. The lowest BCUT2D eigenvalue weighted by Crippen LogP contribution is -2.57. The van der Waals surface area contributed by atoms with Crippen molar-refractivity contribution in [2.24, 2.45) is 5.41 Å². The average Bonchev–Trinajstić information content (AvgIpc) is 3.39. The minimum atomic E-state index is 0.0908. The second-order valence-electron chi connectivity index (χ2n) is 8.06. The second kappa shape index (κ2) is 7.15. The number of nitrogens with zero attached hydrogens (tertiary/aromatic N) is 3. The number of hydrogen-bond acceptors (Lipinski definition) is 4. The van der Waals surface area contributed by atoms with Gasteiger partial charge >= 0.3 is 0 Å². The van der Waals surface area contributed by atoms with E-state index in [0.717, 1.165) is 39.1 Å². The summed E-state index contributed by atoms with van der Waals surface area (Å²) in [6.45, 7) is 4.86. The van der Waals surface area contributed by atoms with Gasteiger partial charge in [0.2, 0.25) is 0 Å². The smallest absolute Gasteiger partial charge is 0.273 e. The van der Waals surface area contributed by atoms with Crippen LogP contribution in [0.4, 0.5) is 0 Å². The van der Waals surface area contributed by atoms with Crippen LogP contribution in [0.1, 0.15) is 22.5 Å². The standard InChI is InChI=1S/C23H23N3OS/c27-22(21-13-28-17-24-21)26-11-10-23(16-26)14-25(15-23)12-18-6-8-20(9-7-18)19-4-2-1-3-5-19/h1-9,13,17H,10-12,14-16H2. The predicted molar refractivity (Wildman–Crippen MR) is 112 cm³/mol. The molecular formula is C23H23N3OS. The van der Waals surface area contributed by atoms with Gasteiger partial charge in [-0.2, -0.15) is 0 Å². The number of rotatable bonds is 4. The molecule has 0 N–H and O–H groups in total. The van der Waals surface area contributed by atoms with Crippen LogP contribution in [0.5, 0.6) is 0 Å². The van der Waals surface area contributed by atoms with Gasteiger partial charge in [-0.3, -0.25) is 9.69 Å². The minimum Gasteiger partial charge on any atom is -0.337 e. The number of carbonyl (C=O) groups is 1. The lowest BCUT2D eigenvalue weighted by atomic mass is 9.79. The lowest BCUT2D eigenvalue weighted by Gasteiger charge is -2.48. The highest BCUT2D eigenvalue weighted by atomic mass is 32.1. The normalized spacial score (nSPS) is 18.4. The molecule has 2 aliphatic heterocycles. The summed E-state index contributed by atoms with van der Waals surface area (Å²) in [7, 11) is 0. The van der Waals surface area contributed by atoms with Gasteiger partial charge in [-0.05, 0) is 23.1 Å². The van der Waals surface area contributed by atoms with Crippen LogP contribution in [0, 0.1) is 5.41 Å². The zero-order chi connectivity index (χ0) is 19.0. The SMILES string of the molecule is O=C(c1cscn1)N1CCC2(CN(Cc3ccc(-c4ccccc4)cc3)C2)C1. The molecule has 3 aromatic rings. The third-order valence-corrected chi connectivity index (χ3v) is 6.55. The van der Waals surface area contributed by atoms with Crippen molar-refractivity contribution in [3.63, 3.8) is 0 Å². The van der Waals surface area contributed by atoms with Gasteiger partial charge in [-0.1, -0.05) is 54.6 Å². The van der Waals surface area contributed by atoms with Crippen LogP contribution >= 0.6 is 11.3 Å². The summed E-state index contributed by atoms with van der Waals surface area (Å²) in [6, 6.07) is 19.4. The van der Waals surface area contributed by atoms with Crippen LogP contribution in [0.25, 0.3) is 11.1 Å². The van der Waals surface area contributed by atoms with E-state index in [1.807, 2.05) is 16.3 Å². The first-order chi connectivity index (χ1) is 13.7. The molecule has 1 amide bonds. The molecule has 0 aliphatic carbocycles. The lowest BCUT2D eigenvalue weighted by molar-refractivity contribution is 0.00256. The number of amides is 1. The predicted octanol–water partition coefficient (Wildman–Crippen LogP) is 4.16. The highest BCUT2D eigenvalue weighted by Crippen LogP contribution is 2.40. The van der Waals surface area contributed by atoms with Gasteiger partial charge in [0.25, 0.3) is 5.91 Å². The van der Waals surface area contributed by atoms with Crippen molar-refractivity contribution in [1.29, 1.82) is 0 Å². The first-order valence-corrected chi connectivity index (χ1v) is 10.7. The van der Waals surface area contributed by atoms with Gasteiger partial charge < -0.3 is 4.90 Å². The van der Waals surface area contributed by atoms with E-state index < -0.39 is 0 Å². The molecule has 1 spiro atoms. The largest absolute Gasteiger partial charge is 0.337 e. The molecule has 4 nitrogen and oxygen atoms in total. The molecule has 5 heteroatoms. The molecule has 5 rings (SSSR count). The molecule has 2 saturated heterocycles. The Morgan fingerprint density at radius 1 is 1.00 bits per heavy atom. The number of benzene rings is 2. The summed E-state index contributed by atoms with van der Waals surface area (Å²) in [4.78, 5) is 21.2. The molecule has 0 atom stereocenters. The Hall–Kier alpha value is -2.50. The second-order valence-corrected chi connectivity index (χ2v) is 8.78. The van der Waals surface area contributed by atoms with Crippen molar-refractivity contribution in [1.82, 2.24) is 14.8 Å². The van der Waals surface area contributed by atoms with E-state index in [1.54, 1.807) is 5.51 Å². The molecule has 3 heterocycles. The van der Waals surface area contributed by atoms with Crippen LogP contribution in [-0.4, -0.2) is 46.9 Å². The first kappa shape index (κ1) is 17.6. The van der Waals surface area contributed by atoms with E-state index >= 15 is 0 Å². The Kier molecular flexibility index (Phi) is 4.49. The van der Waals surface area contributed by atoms with Crippen LogP contribution in [0.2, 0.25) is 0 Å². The third kappa shape index (κ3) is 3.36. The Morgan fingerprint density at radius 2 is 1.75 bits per heavy atom. The first-order valence-electron chi connectivity index (χ1n) is 9.75. The maximum absolute atomic E-state index is 12.5. The summed E-state index contributed by atoms with van der Waals surface area (Å²) in [5.74, 6) is 0.0908.